The highest BCUT2D eigenvalue weighted by Gasteiger charge is 2.52. The summed E-state index contributed by atoms with van der Waals surface area (Å²) in [5, 5.41) is 0. The third-order valence-electron chi connectivity index (χ3n) is 5.16. The summed E-state index contributed by atoms with van der Waals surface area (Å²) in [5.41, 5.74) is 1.25. The molecule has 1 amide bonds. The highest BCUT2D eigenvalue weighted by Crippen LogP contribution is 2.36. The number of carbonyl (C=O) groups is 1. The van der Waals surface area contributed by atoms with Gasteiger partial charge in [-0.2, -0.15) is 0 Å². The number of amides is 1. The van der Waals surface area contributed by atoms with Gasteiger partial charge in [-0.25, -0.2) is 0 Å². The number of hydrogen-bond donors (Lipinski definition) is 0. The van der Waals surface area contributed by atoms with Gasteiger partial charge in [-0.3, -0.25) is 9.78 Å². The first-order valence-electron chi connectivity index (χ1n) is 8.40. The molecule has 7 heteroatoms. The molecule has 2 fully saturated rings. The summed E-state index contributed by atoms with van der Waals surface area (Å²) in [6.07, 6.45) is 1.73. The van der Waals surface area contributed by atoms with Gasteiger partial charge in [0.15, 0.2) is 0 Å². The van der Waals surface area contributed by atoms with Crippen molar-refractivity contribution in [3.05, 3.63) is 23.5 Å². The number of ether oxygens (including phenoxy) is 1. The van der Waals surface area contributed by atoms with E-state index in [0.29, 0.717) is 37.6 Å². The maximum Gasteiger partial charge on any atom is 0.496 e. The molecule has 2 aliphatic rings. The van der Waals surface area contributed by atoms with E-state index in [1.54, 1.807) is 6.20 Å². The van der Waals surface area contributed by atoms with Gasteiger partial charge >= 0.3 is 7.12 Å². The number of pyridine rings is 1. The minimum atomic E-state index is -0.515. The van der Waals surface area contributed by atoms with Gasteiger partial charge < -0.3 is 18.9 Å². The molecular formula is C17H25BN2O4. The molecule has 0 aliphatic carbocycles. The molecule has 0 saturated carbocycles. The summed E-state index contributed by atoms with van der Waals surface area (Å²) >= 11 is 0. The minimum Gasteiger partial charge on any atom is -0.399 e. The molecule has 1 aromatic heterocycles. The highest BCUT2D eigenvalue weighted by atomic mass is 16.7. The Kier molecular flexibility index (Phi) is 4.44. The molecule has 6 nitrogen and oxygen atoms in total. The summed E-state index contributed by atoms with van der Waals surface area (Å²) in [5.74, 6) is -0.0123. The van der Waals surface area contributed by atoms with Crippen LogP contribution < -0.4 is 5.46 Å². The average molecular weight is 332 g/mol. The summed E-state index contributed by atoms with van der Waals surface area (Å²) in [6.45, 7) is 12.3. The lowest BCUT2D eigenvalue weighted by atomic mass is 9.79. The predicted octanol–water partition coefficient (Wildman–Crippen LogP) is 1.16. The van der Waals surface area contributed by atoms with E-state index in [2.05, 4.69) is 4.98 Å². The topological polar surface area (TPSA) is 60.9 Å². The molecule has 3 rings (SSSR count). The molecule has 0 unspecified atom stereocenters. The van der Waals surface area contributed by atoms with Gasteiger partial charge in [0.1, 0.15) is 0 Å². The molecule has 2 aliphatic heterocycles. The second kappa shape index (κ2) is 6.13. The van der Waals surface area contributed by atoms with Gasteiger partial charge in [0.05, 0.1) is 30.0 Å². The fourth-order valence-electron chi connectivity index (χ4n) is 2.81. The molecule has 0 bridgehead atoms. The first-order chi connectivity index (χ1) is 11.2. The van der Waals surface area contributed by atoms with Gasteiger partial charge in [0, 0.05) is 30.4 Å². The lowest BCUT2D eigenvalue weighted by molar-refractivity contribution is 0.00578. The molecule has 130 valence electrons. The van der Waals surface area contributed by atoms with Crippen LogP contribution in [0.1, 0.15) is 43.7 Å². The maximum atomic E-state index is 12.8. The third-order valence-corrected chi connectivity index (χ3v) is 5.16. The summed E-state index contributed by atoms with van der Waals surface area (Å²) in [4.78, 5) is 19.0. The Balaban J connectivity index is 1.86. The zero-order chi connectivity index (χ0) is 17.5. The Morgan fingerprint density at radius 2 is 1.75 bits per heavy atom. The zero-order valence-corrected chi connectivity index (χ0v) is 15.1. The van der Waals surface area contributed by atoms with E-state index in [1.807, 2.05) is 45.6 Å². The van der Waals surface area contributed by atoms with E-state index < -0.39 is 18.3 Å². The van der Waals surface area contributed by atoms with Crippen LogP contribution in [0.25, 0.3) is 0 Å². The first kappa shape index (κ1) is 17.4. The SMILES string of the molecule is Cc1ncc(B2OC(C)(C)C(C)(C)O2)cc1C(=O)N1CCOCC1. The molecule has 24 heavy (non-hydrogen) atoms. The Hall–Kier alpha value is -1.44. The van der Waals surface area contributed by atoms with Crippen molar-refractivity contribution in [3.63, 3.8) is 0 Å². The second-order valence-corrected chi connectivity index (χ2v) is 7.39. The van der Waals surface area contributed by atoms with Crippen LogP contribution in [-0.4, -0.2) is 60.4 Å². The third kappa shape index (κ3) is 3.08. The molecule has 2 saturated heterocycles. The van der Waals surface area contributed by atoms with Crippen molar-refractivity contribution in [2.24, 2.45) is 0 Å². The van der Waals surface area contributed by atoms with Gasteiger partial charge in [-0.15, -0.1) is 0 Å². The molecule has 0 atom stereocenters. The standard InChI is InChI=1S/C17H25BN2O4/c1-12-14(15(21)20-6-8-22-9-7-20)10-13(11-19-12)18-23-16(2,3)17(4,5)24-18/h10-11H,6-9H2,1-5H3. The van der Waals surface area contributed by atoms with E-state index in [9.17, 15) is 4.79 Å². The number of morpholine rings is 1. The number of carbonyl (C=O) groups excluding carboxylic acids is 1. The van der Waals surface area contributed by atoms with Crippen LogP contribution in [0, 0.1) is 6.92 Å². The van der Waals surface area contributed by atoms with Crippen molar-refractivity contribution in [1.29, 1.82) is 0 Å². The van der Waals surface area contributed by atoms with Crippen LogP contribution in [0.3, 0.4) is 0 Å². The zero-order valence-electron chi connectivity index (χ0n) is 15.1. The fraction of sp³-hybridized carbons (Fsp3) is 0.647. The second-order valence-electron chi connectivity index (χ2n) is 7.39. The molecule has 0 N–H and O–H groups in total. The van der Waals surface area contributed by atoms with Crippen LogP contribution in [0.4, 0.5) is 0 Å². The number of hydrogen-bond acceptors (Lipinski definition) is 5. The van der Waals surface area contributed by atoms with Crippen LogP contribution in [0.2, 0.25) is 0 Å². The maximum absolute atomic E-state index is 12.8. The predicted molar refractivity (Wildman–Crippen MR) is 91.4 cm³/mol. The van der Waals surface area contributed by atoms with E-state index in [-0.39, 0.29) is 5.91 Å². The number of aryl methyl sites for hydroxylation is 1. The molecule has 0 aromatic carbocycles. The monoisotopic (exact) mass is 332 g/mol. The van der Waals surface area contributed by atoms with E-state index in [4.69, 9.17) is 14.0 Å². The lowest BCUT2D eigenvalue weighted by Gasteiger charge is -2.32. The normalized spacial score (nSPS) is 22.7. The number of rotatable bonds is 2. The average Bonchev–Trinajstić information content (AvgIpc) is 2.76. The summed E-state index contributed by atoms with van der Waals surface area (Å²) in [6, 6.07) is 1.85. The molecule has 3 heterocycles. The van der Waals surface area contributed by atoms with Crippen LogP contribution in [0.5, 0.6) is 0 Å². The smallest absolute Gasteiger partial charge is 0.399 e. The molecule has 0 radical (unpaired) electrons. The van der Waals surface area contributed by atoms with Crippen LogP contribution >= 0.6 is 0 Å². The van der Waals surface area contributed by atoms with Gasteiger partial charge in [0.2, 0.25) is 0 Å². The van der Waals surface area contributed by atoms with Gasteiger partial charge in [0.25, 0.3) is 5.91 Å². The number of nitrogens with zero attached hydrogens (tertiary/aromatic N) is 2. The quantitative estimate of drug-likeness (QED) is 0.761. The molecule has 0 spiro atoms. The lowest BCUT2D eigenvalue weighted by Crippen LogP contribution is -2.42. The van der Waals surface area contributed by atoms with E-state index >= 15 is 0 Å². The summed E-state index contributed by atoms with van der Waals surface area (Å²) < 4.78 is 17.4. The minimum absolute atomic E-state index is 0.0123. The van der Waals surface area contributed by atoms with E-state index in [1.165, 1.54) is 0 Å². The summed E-state index contributed by atoms with van der Waals surface area (Å²) in [7, 11) is -0.515. The Morgan fingerprint density at radius 1 is 1.17 bits per heavy atom. The Labute approximate surface area is 143 Å². The van der Waals surface area contributed by atoms with Crippen molar-refractivity contribution in [1.82, 2.24) is 9.88 Å². The Morgan fingerprint density at radius 3 is 2.33 bits per heavy atom. The van der Waals surface area contributed by atoms with Crippen LogP contribution in [0.15, 0.2) is 12.3 Å². The van der Waals surface area contributed by atoms with E-state index in [0.717, 1.165) is 5.46 Å². The van der Waals surface area contributed by atoms with Crippen LogP contribution in [-0.2, 0) is 14.0 Å². The van der Waals surface area contributed by atoms with Gasteiger partial charge in [-0.05, 0) is 40.7 Å². The molecule has 1 aromatic rings. The Bertz CT molecular complexity index is 625. The van der Waals surface area contributed by atoms with Gasteiger partial charge in [-0.1, -0.05) is 0 Å². The van der Waals surface area contributed by atoms with Crippen molar-refractivity contribution in [2.75, 3.05) is 26.3 Å². The van der Waals surface area contributed by atoms with Crippen molar-refractivity contribution < 1.29 is 18.8 Å². The number of aromatic nitrogens is 1. The van der Waals surface area contributed by atoms with Crippen molar-refractivity contribution >= 4 is 18.5 Å². The molecular weight excluding hydrogens is 307 g/mol. The van der Waals surface area contributed by atoms with Crippen molar-refractivity contribution in [2.45, 2.75) is 45.8 Å². The first-order valence-corrected chi connectivity index (χ1v) is 8.40. The van der Waals surface area contributed by atoms with Crippen molar-refractivity contribution in [3.8, 4) is 0 Å². The fourth-order valence-corrected chi connectivity index (χ4v) is 2.81. The highest BCUT2D eigenvalue weighted by molar-refractivity contribution is 6.62. The largest absolute Gasteiger partial charge is 0.496 e.